The molecular weight excluding hydrogens is 236 g/mol. The standard InChI is InChI=1S/C16H32N2O/c1-12(2)9-17-15-8-14(13(3)19)10-18(11-15)16-6-4-5-7-16/h12-17,19H,4-11H2,1-3H3. The zero-order chi connectivity index (χ0) is 13.8. The Bertz CT molecular complexity index is 261. The third-order valence-corrected chi connectivity index (χ3v) is 4.85. The highest BCUT2D eigenvalue weighted by atomic mass is 16.3. The van der Waals surface area contributed by atoms with E-state index in [0.29, 0.717) is 17.9 Å². The first-order valence-electron chi connectivity index (χ1n) is 8.21. The van der Waals surface area contributed by atoms with E-state index < -0.39 is 0 Å². The molecule has 112 valence electrons. The highest BCUT2D eigenvalue weighted by Gasteiger charge is 2.33. The maximum absolute atomic E-state index is 9.98. The van der Waals surface area contributed by atoms with Gasteiger partial charge in [0.15, 0.2) is 0 Å². The maximum Gasteiger partial charge on any atom is 0.0553 e. The molecule has 2 N–H and O–H groups in total. The number of nitrogens with zero attached hydrogens (tertiary/aromatic N) is 1. The van der Waals surface area contributed by atoms with Crippen LogP contribution in [0.15, 0.2) is 0 Å². The van der Waals surface area contributed by atoms with Crippen molar-refractivity contribution in [1.29, 1.82) is 0 Å². The van der Waals surface area contributed by atoms with Gasteiger partial charge in [0.05, 0.1) is 6.10 Å². The average Bonchev–Trinajstić information content (AvgIpc) is 2.89. The maximum atomic E-state index is 9.98. The molecule has 1 aliphatic carbocycles. The monoisotopic (exact) mass is 268 g/mol. The Kier molecular flexibility index (Phi) is 5.67. The molecule has 2 fully saturated rings. The Hall–Kier alpha value is -0.120. The minimum atomic E-state index is -0.174. The Balaban J connectivity index is 1.91. The van der Waals surface area contributed by atoms with Gasteiger partial charge < -0.3 is 10.4 Å². The molecule has 0 radical (unpaired) electrons. The van der Waals surface area contributed by atoms with Crippen LogP contribution in [-0.2, 0) is 0 Å². The first kappa shape index (κ1) is 15.3. The van der Waals surface area contributed by atoms with E-state index in [1.807, 2.05) is 6.92 Å². The SMILES string of the molecule is CC(C)CNC1CC(C(C)O)CN(C2CCCC2)C1. The van der Waals surface area contributed by atoms with Crippen LogP contribution in [0.4, 0.5) is 0 Å². The molecular formula is C16H32N2O. The lowest BCUT2D eigenvalue weighted by atomic mass is 9.89. The quantitative estimate of drug-likeness (QED) is 0.803. The number of aliphatic hydroxyl groups is 1. The zero-order valence-corrected chi connectivity index (χ0v) is 12.9. The van der Waals surface area contributed by atoms with Crippen molar-refractivity contribution in [2.24, 2.45) is 11.8 Å². The molecule has 3 heteroatoms. The lowest BCUT2D eigenvalue weighted by molar-refractivity contribution is 0.0297. The molecule has 3 unspecified atom stereocenters. The van der Waals surface area contributed by atoms with Crippen molar-refractivity contribution in [2.45, 2.75) is 71.1 Å². The van der Waals surface area contributed by atoms with E-state index in [1.54, 1.807) is 0 Å². The third-order valence-electron chi connectivity index (χ3n) is 4.85. The summed E-state index contributed by atoms with van der Waals surface area (Å²) in [6.45, 7) is 9.86. The van der Waals surface area contributed by atoms with Crippen LogP contribution in [0.3, 0.4) is 0 Å². The fourth-order valence-corrected chi connectivity index (χ4v) is 3.64. The molecule has 0 aromatic heterocycles. The fraction of sp³-hybridized carbons (Fsp3) is 1.00. The number of hydrogen-bond acceptors (Lipinski definition) is 3. The van der Waals surface area contributed by atoms with Gasteiger partial charge in [-0.1, -0.05) is 26.7 Å². The topological polar surface area (TPSA) is 35.5 Å². The van der Waals surface area contributed by atoms with Gasteiger partial charge in [-0.3, -0.25) is 4.90 Å². The molecule has 0 aromatic carbocycles. The Morgan fingerprint density at radius 1 is 1.16 bits per heavy atom. The molecule has 3 atom stereocenters. The zero-order valence-electron chi connectivity index (χ0n) is 12.9. The van der Waals surface area contributed by atoms with Crippen LogP contribution >= 0.6 is 0 Å². The molecule has 1 saturated carbocycles. The Morgan fingerprint density at radius 3 is 2.42 bits per heavy atom. The van der Waals surface area contributed by atoms with Gasteiger partial charge in [-0.15, -0.1) is 0 Å². The van der Waals surface area contributed by atoms with E-state index in [1.165, 1.54) is 32.2 Å². The number of rotatable bonds is 5. The molecule has 1 aliphatic heterocycles. The van der Waals surface area contributed by atoms with E-state index in [4.69, 9.17) is 0 Å². The normalized spacial score (nSPS) is 32.1. The molecule has 0 bridgehead atoms. The number of hydrogen-bond donors (Lipinski definition) is 2. The highest BCUT2D eigenvalue weighted by Crippen LogP contribution is 2.29. The van der Waals surface area contributed by atoms with Gasteiger partial charge in [0.1, 0.15) is 0 Å². The van der Waals surface area contributed by atoms with E-state index in [0.717, 1.165) is 25.6 Å². The van der Waals surface area contributed by atoms with Crippen LogP contribution in [0.25, 0.3) is 0 Å². The van der Waals surface area contributed by atoms with Gasteiger partial charge in [0, 0.05) is 25.2 Å². The summed E-state index contributed by atoms with van der Waals surface area (Å²) in [7, 11) is 0. The van der Waals surface area contributed by atoms with Crippen LogP contribution in [0.2, 0.25) is 0 Å². The number of nitrogens with one attached hydrogen (secondary N) is 1. The predicted molar refractivity (Wildman–Crippen MR) is 80.2 cm³/mol. The molecule has 0 spiro atoms. The van der Waals surface area contributed by atoms with E-state index in [-0.39, 0.29) is 6.10 Å². The number of aliphatic hydroxyl groups excluding tert-OH is 1. The van der Waals surface area contributed by atoms with Gasteiger partial charge in [0.25, 0.3) is 0 Å². The van der Waals surface area contributed by atoms with E-state index in [9.17, 15) is 5.11 Å². The van der Waals surface area contributed by atoms with Gasteiger partial charge in [0.2, 0.25) is 0 Å². The fourth-order valence-electron chi connectivity index (χ4n) is 3.64. The second kappa shape index (κ2) is 7.05. The first-order chi connectivity index (χ1) is 9.06. The minimum Gasteiger partial charge on any atom is -0.393 e. The third kappa shape index (κ3) is 4.44. The van der Waals surface area contributed by atoms with Gasteiger partial charge in [-0.25, -0.2) is 0 Å². The molecule has 0 amide bonds. The Morgan fingerprint density at radius 2 is 1.84 bits per heavy atom. The predicted octanol–water partition coefficient (Wildman–Crippen LogP) is 2.25. The summed E-state index contributed by atoms with van der Waals surface area (Å²) in [5.41, 5.74) is 0. The van der Waals surface area contributed by atoms with Crippen molar-refractivity contribution in [3.05, 3.63) is 0 Å². The van der Waals surface area contributed by atoms with Crippen LogP contribution < -0.4 is 5.32 Å². The van der Waals surface area contributed by atoms with Gasteiger partial charge in [-0.2, -0.15) is 0 Å². The minimum absolute atomic E-state index is 0.174. The summed E-state index contributed by atoms with van der Waals surface area (Å²) < 4.78 is 0. The van der Waals surface area contributed by atoms with Crippen molar-refractivity contribution in [3.8, 4) is 0 Å². The van der Waals surface area contributed by atoms with E-state index in [2.05, 4.69) is 24.1 Å². The lowest BCUT2D eigenvalue weighted by Crippen LogP contribution is -2.54. The number of piperidine rings is 1. The smallest absolute Gasteiger partial charge is 0.0553 e. The van der Waals surface area contributed by atoms with Crippen molar-refractivity contribution in [1.82, 2.24) is 10.2 Å². The second-order valence-corrected chi connectivity index (χ2v) is 7.13. The van der Waals surface area contributed by atoms with Gasteiger partial charge >= 0.3 is 0 Å². The summed E-state index contributed by atoms with van der Waals surface area (Å²) in [5.74, 6) is 1.14. The van der Waals surface area contributed by atoms with Gasteiger partial charge in [-0.05, 0) is 44.6 Å². The molecule has 2 rings (SSSR count). The summed E-state index contributed by atoms with van der Waals surface area (Å²) in [5, 5.41) is 13.7. The van der Waals surface area contributed by atoms with Crippen molar-refractivity contribution >= 4 is 0 Å². The molecule has 19 heavy (non-hydrogen) atoms. The van der Waals surface area contributed by atoms with E-state index >= 15 is 0 Å². The largest absolute Gasteiger partial charge is 0.393 e. The molecule has 3 nitrogen and oxygen atoms in total. The van der Waals surface area contributed by atoms with Crippen molar-refractivity contribution in [2.75, 3.05) is 19.6 Å². The summed E-state index contributed by atoms with van der Waals surface area (Å²) >= 11 is 0. The second-order valence-electron chi connectivity index (χ2n) is 7.13. The molecule has 1 saturated heterocycles. The molecule has 1 heterocycles. The summed E-state index contributed by atoms with van der Waals surface area (Å²) in [6, 6.07) is 1.35. The molecule has 0 aromatic rings. The number of likely N-dealkylation sites (tertiary alicyclic amines) is 1. The summed E-state index contributed by atoms with van der Waals surface area (Å²) in [6.07, 6.45) is 6.47. The van der Waals surface area contributed by atoms with Crippen LogP contribution in [-0.4, -0.2) is 47.8 Å². The lowest BCUT2D eigenvalue weighted by Gasteiger charge is -2.42. The average molecular weight is 268 g/mol. The van der Waals surface area contributed by atoms with Crippen LogP contribution in [0, 0.1) is 11.8 Å². The van der Waals surface area contributed by atoms with Crippen LogP contribution in [0.5, 0.6) is 0 Å². The van der Waals surface area contributed by atoms with Crippen molar-refractivity contribution in [3.63, 3.8) is 0 Å². The summed E-state index contributed by atoms with van der Waals surface area (Å²) in [4.78, 5) is 2.66. The Labute approximate surface area is 118 Å². The van der Waals surface area contributed by atoms with Crippen LogP contribution in [0.1, 0.15) is 52.9 Å². The highest BCUT2D eigenvalue weighted by molar-refractivity contribution is 4.90. The molecule has 2 aliphatic rings. The first-order valence-corrected chi connectivity index (χ1v) is 8.21. The van der Waals surface area contributed by atoms with Crippen molar-refractivity contribution < 1.29 is 5.11 Å².